The van der Waals surface area contributed by atoms with Crippen molar-refractivity contribution in [1.29, 1.82) is 0 Å². The van der Waals surface area contributed by atoms with Crippen LogP contribution in [-0.2, 0) is 0 Å². The van der Waals surface area contributed by atoms with Crippen molar-refractivity contribution in [2.45, 2.75) is 57.4 Å². The summed E-state index contributed by atoms with van der Waals surface area (Å²) in [5, 5.41) is 0. The number of fused-ring (bicyclic) bond motifs is 3. The monoisotopic (exact) mass is 219 g/mol. The Hall–Kier alpha value is -0.0400. The molecule has 4 aliphatic rings. The van der Waals surface area contributed by atoms with Crippen LogP contribution in [0.4, 0.5) is 0 Å². The van der Waals surface area contributed by atoms with Gasteiger partial charge in [-0.05, 0) is 81.0 Å². The fraction of sp³-hybridized carbons (Fsp3) is 1.00. The molecule has 4 rings (SSSR count). The van der Waals surface area contributed by atoms with Crippen molar-refractivity contribution in [3.8, 4) is 0 Å². The van der Waals surface area contributed by atoms with E-state index in [2.05, 4.69) is 6.92 Å². The first-order valence-corrected chi connectivity index (χ1v) is 7.43. The number of hydrogen-bond acceptors (Lipinski definition) is 1. The van der Waals surface area contributed by atoms with Gasteiger partial charge in [0.2, 0.25) is 0 Å². The summed E-state index contributed by atoms with van der Waals surface area (Å²) in [7, 11) is 0. The molecular formula is C15H25N. The lowest BCUT2D eigenvalue weighted by atomic mass is 9.68. The molecule has 2 N–H and O–H groups in total. The zero-order valence-electron chi connectivity index (χ0n) is 10.5. The maximum Gasteiger partial charge on any atom is 0.0185 e. The van der Waals surface area contributed by atoms with Crippen molar-refractivity contribution in [3.63, 3.8) is 0 Å². The summed E-state index contributed by atoms with van der Waals surface area (Å²) in [6, 6.07) is 0. The zero-order chi connectivity index (χ0) is 10.9. The SMILES string of the molecule is CC(N)(C1CC2CC2C1)C1CC2CCC1C2. The molecule has 0 radical (unpaired) electrons. The summed E-state index contributed by atoms with van der Waals surface area (Å²) < 4.78 is 0. The minimum absolute atomic E-state index is 0.174. The Bertz CT molecular complexity index is 299. The molecule has 4 saturated carbocycles. The van der Waals surface area contributed by atoms with Crippen LogP contribution in [0, 0.1) is 35.5 Å². The smallest absolute Gasteiger partial charge is 0.0185 e. The predicted octanol–water partition coefficient (Wildman–Crippen LogP) is 3.19. The molecule has 1 nitrogen and oxygen atoms in total. The average Bonchev–Trinajstić information content (AvgIpc) is 2.76. The van der Waals surface area contributed by atoms with Gasteiger partial charge < -0.3 is 5.73 Å². The summed E-state index contributed by atoms with van der Waals surface area (Å²) in [5.41, 5.74) is 6.97. The highest BCUT2D eigenvalue weighted by molar-refractivity contribution is 5.08. The summed E-state index contributed by atoms with van der Waals surface area (Å²) in [5.74, 6) is 5.96. The molecule has 0 spiro atoms. The summed E-state index contributed by atoms with van der Waals surface area (Å²) in [4.78, 5) is 0. The zero-order valence-corrected chi connectivity index (χ0v) is 10.5. The van der Waals surface area contributed by atoms with Crippen LogP contribution in [0.3, 0.4) is 0 Å². The molecule has 0 aromatic rings. The Kier molecular flexibility index (Phi) is 1.89. The minimum atomic E-state index is 0.174. The lowest BCUT2D eigenvalue weighted by Crippen LogP contribution is -2.52. The quantitative estimate of drug-likeness (QED) is 0.758. The van der Waals surface area contributed by atoms with Crippen molar-refractivity contribution >= 4 is 0 Å². The molecule has 0 aromatic carbocycles. The van der Waals surface area contributed by atoms with Gasteiger partial charge in [0.25, 0.3) is 0 Å². The van der Waals surface area contributed by atoms with E-state index >= 15 is 0 Å². The van der Waals surface area contributed by atoms with Crippen molar-refractivity contribution < 1.29 is 0 Å². The second-order valence-electron chi connectivity index (χ2n) is 7.57. The van der Waals surface area contributed by atoms with Gasteiger partial charge in [-0.15, -0.1) is 0 Å². The average molecular weight is 219 g/mol. The van der Waals surface area contributed by atoms with E-state index in [1.807, 2.05) is 0 Å². The van der Waals surface area contributed by atoms with Crippen molar-refractivity contribution in [2.24, 2.45) is 41.2 Å². The van der Waals surface area contributed by atoms with E-state index in [1.165, 1.54) is 44.9 Å². The van der Waals surface area contributed by atoms with E-state index in [-0.39, 0.29) is 5.54 Å². The van der Waals surface area contributed by atoms with Crippen LogP contribution in [-0.4, -0.2) is 5.54 Å². The van der Waals surface area contributed by atoms with Crippen LogP contribution in [0.25, 0.3) is 0 Å². The van der Waals surface area contributed by atoms with Crippen molar-refractivity contribution in [1.82, 2.24) is 0 Å². The lowest BCUT2D eigenvalue weighted by molar-refractivity contribution is 0.131. The summed E-state index contributed by atoms with van der Waals surface area (Å²) >= 11 is 0. The van der Waals surface area contributed by atoms with Crippen molar-refractivity contribution in [2.75, 3.05) is 0 Å². The lowest BCUT2D eigenvalue weighted by Gasteiger charge is -2.42. The van der Waals surface area contributed by atoms with E-state index < -0.39 is 0 Å². The van der Waals surface area contributed by atoms with Crippen LogP contribution in [0.2, 0.25) is 0 Å². The van der Waals surface area contributed by atoms with Crippen LogP contribution in [0.15, 0.2) is 0 Å². The maximum atomic E-state index is 6.80. The van der Waals surface area contributed by atoms with Gasteiger partial charge >= 0.3 is 0 Å². The molecule has 0 heterocycles. The summed E-state index contributed by atoms with van der Waals surface area (Å²) in [6.45, 7) is 2.40. The molecule has 0 saturated heterocycles. The van der Waals surface area contributed by atoms with Gasteiger partial charge in [-0.3, -0.25) is 0 Å². The second kappa shape index (κ2) is 3.04. The fourth-order valence-electron chi connectivity index (χ4n) is 5.53. The Morgan fingerprint density at radius 3 is 2.19 bits per heavy atom. The van der Waals surface area contributed by atoms with Crippen LogP contribution in [0.5, 0.6) is 0 Å². The van der Waals surface area contributed by atoms with Gasteiger partial charge in [0.15, 0.2) is 0 Å². The van der Waals surface area contributed by atoms with Gasteiger partial charge in [0.05, 0.1) is 0 Å². The molecule has 0 aliphatic heterocycles. The van der Waals surface area contributed by atoms with Gasteiger partial charge in [0, 0.05) is 5.54 Å². The molecule has 0 aromatic heterocycles. The van der Waals surface area contributed by atoms with Gasteiger partial charge in [-0.1, -0.05) is 6.42 Å². The first kappa shape index (κ1) is 9.94. The number of hydrogen-bond donors (Lipinski definition) is 1. The van der Waals surface area contributed by atoms with E-state index in [4.69, 9.17) is 5.73 Å². The van der Waals surface area contributed by atoms with Crippen LogP contribution in [0.1, 0.15) is 51.9 Å². The van der Waals surface area contributed by atoms with Crippen molar-refractivity contribution in [3.05, 3.63) is 0 Å². The van der Waals surface area contributed by atoms with Crippen LogP contribution >= 0.6 is 0 Å². The molecule has 90 valence electrons. The molecule has 2 bridgehead atoms. The first-order valence-electron chi connectivity index (χ1n) is 7.43. The van der Waals surface area contributed by atoms with Crippen LogP contribution < -0.4 is 5.73 Å². The molecule has 16 heavy (non-hydrogen) atoms. The molecule has 4 fully saturated rings. The Morgan fingerprint density at radius 2 is 1.62 bits per heavy atom. The highest BCUT2D eigenvalue weighted by Crippen LogP contribution is 2.60. The molecule has 6 atom stereocenters. The molecular weight excluding hydrogens is 194 g/mol. The fourth-order valence-corrected chi connectivity index (χ4v) is 5.53. The van der Waals surface area contributed by atoms with E-state index in [1.54, 1.807) is 0 Å². The molecule has 1 heteroatoms. The molecule has 0 amide bonds. The highest BCUT2D eigenvalue weighted by atomic mass is 14.8. The third-order valence-corrected chi connectivity index (χ3v) is 6.66. The van der Waals surface area contributed by atoms with Gasteiger partial charge in [-0.25, -0.2) is 0 Å². The predicted molar refractivity (Wildman–Crippen MR) is 65.9 cm³/mol. The van der Waals surface area contributed by atoms with E-state index in [9.17, 15) is 0 Å². The highest BCUT2D eigenvalue weighted by Gasteiger charge is 2.55. The Balaban J connectivity index is 1.52. The largest absolute Gasteiger partial charge is 0.325 e. The normalized spacial score (nSPS) is 57.4. The molecule has 6 unspecified atom stereocenters. The number of nitrogens with two attached hydrogens (primary N) is 1. The third kappa shape index (κ3) is 1.27. The minimum Gasteiger partial charge on any atom is -0.325 e. The van der Waals surface area contributed by atoms with Gasteiger partial charge in [0.1, 0.15) is 0 Å². The molecule has 4 aliphatic carbocycles. The topological polar surface area (TPSA) is 26.0 Å². The van der Waals surface area contributed by atoms with Gasteiger partial charge in [-0.2, -0.15) is 0 Å². The number of rotatable bonds is 2. The maximum absolute atomic E-state index is 6.80. The summed E-state index contributed by atoms with van der Waals surface area (Å²) in [6.07, 6.45) is 10.4. The second-order valence-corrected chi connectivity index (χ2v) is 7.57. The Labute approximate surface area is 99.2 Å². The third-order valence-electron chi connectivity index (χ3n) is 6.66. The van der Waals surface area contributed by atoms with E-state index in [0.29, 0.717) is 0 Å². The first-order chi connectivity index (χ1) is 7.64. The Morgan fingerprint density at radius 1 is 0.875 bits per heavy atom. The standard InChI is InChI=1S/C15H25N/c1-15(16,13-7-11-6-12(11)8-13)14-5-9-2-3-10(14)4-9/h9-14H,2-8,16H2,1H3. The van der Waals surface area contributed by atoms with E-state index in [0.717, 1.165) is 35.5 Å².